The second-order valence-electron chi connectivity index (χ2n) is 9.22. The predicted octanol–water partition coefficient (Wildman–Crippen LogP) is 9.63. The molecule has 0 spiro atoms. The first kappa shape index (κ1) is 27.9. The van der Waals surface area contributed by atoms with Crippen LogP contribution in [0.3, 0.4) is 0 Å². The van der Waals surface area contributed by atoms with Gasteiger partial charge in [0.05, 0.1) is 17.0 Å². The van der Waals surface area contributed by atoms with E-state index in [1.807, 2.05) is 34.9 Å². The van der Waals surface area contributed by atoms with Crippen LogP contribution in [0.25, 0.3) is 5.73 Å². The van der Waals surface area contributed by atoms with Crippen LogP contribution in [0.2, 0.25) is 0 Å². The van der Waals surface area contributed by atoms with Crippen LogP contribution in [-0.2, 0) is 13.5 Å². The van der Waals surface area contributed by atoms with Gasteiger partial charge < -0.3 is 5.73 Å². The van der Waals surface area contributed by atoms with Crippen molar-refractivity contribution in [3.05, 3.63) is 41.6 Å². The Kier molecular flexibility index (Phi) is 15.5. The molecule has 1 N–H and O–H groups in total. The zero-order valence-corrected chi connectivity index (χ0v) is 23.7. The molecule has 0 radical (unpaired) electrons. The van der Waals surface area contributed by atoms with E-state index in [2.05, 4.69) is 0 Å². The minimum absolute atomic E-state index is 0.0465. The molecule has 0 aromatic heterocycles. The number of halogens is 2. The van der Waals surface area contributed by atoms with Gasteiger partial charge in [0, 0.05) is 7.92 Å². The van der Waals surface area contributed by atoms with E-state index >= 15 is 0 Å². The average Bonchev–Trinajstić information content (AvgIpc) is 2.83. The molecule has 1 aromatic rings. The summed E-state index contributed by atoms with van der Waals surface area (Å²) < 4.78 is 1.92. The van der Waals surface area contributed by atoms with Gasteiger partial charge in [0.15, 0.2) is 0 Å². The number of hydrogen-bond donors (Lipinski definition) is 0. The molecule has 3 aliphatic carbocycles. The van der Waals surface area contributed by atoms with E-state index in [1.165, 1.54) is 24.0 Å². The van der Waals surface area contributed by atoms with E-state index in [1.54, 1.807) is 96.3 Å². The van der Waals surface area contributed by atoms with Gasteiger partial charge in [0.2, 0.25) is 0 Å². The molecule has 3 aliphatic rings. The molecule has 0 saturated heterocycles. The van der Waals surface area contributed by atoms with Gasteiger partial charge in [0.25, 0.3) is 0 Å². The van der Waals surface area contributed by atoms with Crippen molar-refractivity contribution in [1.29, 1.82) is 0 Å². The molecule has 3 saturated carbocycles. The Bertz CT molecular complexity index is 548. The first-order chi connectivity index (χ1) is 15.2. The maximum atomic E-state index is 5.75. The molecule has 0 heterocycles. The summed E-state index contributed by atoms with van der Waals surface area (Å²) in [7, 11) is 12.5. The zero-order chi connectivity index (χ0) is 22.3. The molecule has 1 aromatic carbocycles. The fourth-order valence-electron chi connectivity index (χ4n) is 5.92. The molecule has 4 rings (SSSR count). The molecule has 1 nitrogen and oxygen atoms in total. The number of rotatable bonds is 4. The van der Waals surface area contributed by atoms with Gasteiger partial charge in [-0.25, -0.2) is 0 Å². The molecular weight excluding hydrogens is 529 g/mol. The van der Waals surface area contributed by atoms with Gasteiger partial charge in [-0.2, -0.15) is 7.05 Å². The Morgan fingerprint density at radius 1 is 0.677 bits per heavy atom. The normalized spacial score (nSPS) is 21.4. The first-order valence-electron chi connectivity index (χ1n) is 12.5. The summed E-state index contributed by atoms with van der Waals surface area (Å²) >= 11 is -1.61. The van der Waals surface area contributed by atoms with Gasteiger partial charge in [-0.3, -0.25) is 0 Å². The summed E-state index contributed by atoms with van der Waals surface area (Å²) in [5.41, 5.74) is 10.5. The molecule has 31 heavy (non-hydrogen) atoms. The van der Waals surface area contributed by atoms with E-state index < -0.39 is 13.5 Å². The molecule has 0 aliphatic heterocycles. The monoisotopic (exact) mass is 573 g/mol. The third-order valence-corrected chi connectivity index (χ3v) is 13.7. The van der Waals surface area contributed by atoms with E-state index in [4.69, 9.17) is 25.1 Å². The summed E-state index contributed by atoms with van der Waals surface area (Å²) in [5.74, 6) is 0. The summed E-state index contributed by atoms with van der Waals surface area (Å²) in [6.45, 7) is 0. The summed E-state index contributed by atoms with van der Waals surface area (Å²) in [6, 6.07) is 9.89. The fourth-order valence-corrected chi connectivity index (χ4v) is 13.0. The molecule has 180 valence electrons. The Hall–Kier alpha value is 0.683. The number of nitrogens with one attached hydrogen (secondary N) is 1. The Labute approximate surface area is 206 Å². The quantitative estimate of drug-likeness (QED) is 0.253. The second-order valence-corrected chi connectivity index (χ2v) is 18.4. The standard InChI is InChI=1S/C18H33P.C7H6.CH4N.2ClH.Ru/c1-4-10-16(11-5-1)19(17-12-6-2-7-13-17)18-14-8-3-9-15-18;1-7-5-3-2-4-6-7;1-2;;;/h16-18H,1-15H2;1-6H;2H,1H3;2*1H;/q;;-1;;;+2/p-1. The Balaban J connectivity index is 0.000000241. The van der Waals surface area contributed by atoms with Crippen molar-refractivity contribution in [2.75, 3.05) is 7.05 Å². The van der Waals surface area contributed by atoms with Crippen molar-refractivity contribution >= 4 is 31.9 Å². The van der Waals surface area contributed by atoms with Crippen molar-refractivity contribution in [1.82, 2.24) is 0 Å². The topological polar surface area (TPSA) is 23.8 Å². The molecule has 0 bridgehead atoms. The van der Waals surface area contributed by atoms with Crippen LogP contribution >= 0.6 is 27.3 Å². The van der Waals surface area contributed by atoms with Crippen LogP contribution in [0, 0.1) is 0 Å². The summed E-state index contributed by atoms with van der Waals surface area (Å²) in [5, 5.41) is 0. The predicted molar refractivity (Wildman–Crippen MR) is 142 cm³/mol. The van der Waals surface area contributed by atoms with Crippen LogP contribution in [0.4, 0.5) is 0 Å². The molecule has 3 fully saturated rings. The van der Waals surface area contributed by atoms with Crippen LogP contribution in [-0.4, -0.2) is 28.6 Å². The third kappa shape index (κ3) is 10.7. The van der Waals surface area contributed by atoms with E-state index in [-0.39, 0.29) is 7.92 Å². The van der Waals surface area contributed by atoms with Crippen molar-refractivity contribution in [3.8, 4) is 0 Å². The van der Waals surface area contributed by atoms with E-state index in [0.29, 0.717) is 0 Å². The molecule has 5 heteroatoms. The Morgan fingerprint density at radius 3 is 1.35 bits per heavy atom. The zero-order valence-electron chi connectivity index (χ0n) is 19.4. The molecular formula is C26H44Cl2NPRu. The number of benzene rings is 1. The Morgan fingerprint density at radius 2 is 1.03 bits per heavy atom. The maximum absolute atomic E-state index is 5.75. The van der Waals surface area contributed by atoms with Gasteiger partial charge in [-0.15, -0.1) is 0 Å². The minimum atomic E-state index is -1.61. The summed E-state index contributed by atoms with van der Waals surface area (Å²) in [4.78, 5) is 0. The average molecular weight is 574 g/mol. The van der Waals surface area contributed by atoms with Crippen molar-refractivity contribution in [2.24, 2.45) is 0 Å². The van der Waals surface area contributed by atoms with Crippen LogP contribution in [0.15, 0.2) is 30.3 Å². The molecule has 0 amide bonds. The van der Waals surface area contributed by atoms with Crippen molar-refractivity contribution in [2.45, 2.75) is 113 Å². The SMILES string of the molecule is C1CCC([PH+](C2CCCCC2)C2CCCCC2)CC1.C[NH-].[Cl][Ru]([Cl])=[CH]c1ccccc1. The second kappa shape index (κ2) is 17.2. The van der Waals surface area contributed by atoms with Crippen LogP contribution < -0.4 is 0 Å². The summed E-state index contributed by atoms with van der Waals surface area (Å²) in [6.07, 6.45) is 23.8. The number of hydrogen-bond acceptors (Lipinski definition) is 0. The fraction of sp³-hybridized carbons (Fsp3) is 0.731. The van der Waals surface area contributed by atoms with E-state index in [0.717, 1.165) is 5.56 Å². The van der Waals surface area contributed by atoms with Crippen molar-refractivity contribution < 1.29 is 13.5 Å². The van der Waals surface area contributed by atoms with Gasteiger partial charge >= 0.3 is 73.4 Å². The van der Waals surface area contributed by atoms with Crippen LogP contribution in [0.1, 0.15) is 102 Å². The van der Waals surface area contributed by atoms with E-state index in [9.17, 15) is 0 Å². The van der Waals surface area contributed by atoms with Crippen molar-refractivity contribution in [3.63, 3.8) is 0 Å². The molecule has 0 unspecified atom stereocenters. The van der Waals surface area contributed by atoms with Crippen LogP contribution in [0.5, 0.6) is 0 Å². The molecule has 0 atom stereocenters. The first-order valence-corrected chi connectivity index (χ1v) is 19.7. The third-order valence-electron chi connectivity index (χ3n) is 7.22. The van der Waals surface area contributed by atoms with Gasteiger partial charge in [-0.05, 0) is 77.0 Å². The van der Waals surface area contributed by atoms with Gasteiger partial charge in [0.1, 0.15) is 0 Å². The van der Waals surface area contributed by atoms with Gasteiger partial charge in [-0.1, -0.05) is 19.3 Å².